The first kappa shape index (κ1) is 20.9. The molecule has 0 radical (unpaired) electrons. The van der Waals surface area contributed by atoms with Crippen molar-refractivity contribution in [1.29, 1.82) is 0 Å². The van der Waals surface area contributed by atoms with Gasteiger partial charge in [-0.3, -0.25) is 0 Å². The lowest BCUT2D eigenvalue weighted by molar-refractivity contribution is -0.165. The maximum absolute atomic E-state index is 11.4. The van der Waals surface area contributed by atoms with E-state index >= 15 is 0 Å². The summed E-state index contributed by atoms with van der Waals surface area (Å²) in [6.07, 6.45) is 16.7. The van der Waals surface area contributed by atoms with Gasteiger partial charge >= 0.3 is 5.97 Å². The summed E-state index contributed by atoms with van der Waals surface area (Å²) in [6, 6.07) is 0. The Labute approximate surface area is 146 Å². The molecule has 1 aliphatic carbocycles. The highest BCUT2D eigenvalue weighted by Gasteiger charge is 2.44. The molecule has 1 unspecified atom stereocenters. The largest absolute Gasteiger partial charge is 0.479 e. The lowest BCUT2D eigenvalue weighted by Crippen LogP contribution is -2.44. The fourth-order valence-electron chi connectivity index (χ4n) is 3.42. The van der Waals surface area contributed by atoms with Crippen molar-refractivity contribution in [2.24, 2.45) is 5.92 Å². The Balaban J connectivity index is 2.27. The van der Waals surface area contributed by atoms with Crippen LogP contribution < -0.4 is 0 Å². The maximum atomic E-state index is 11.4. The smallest absolute Gasteiger partial charge is 0.335 e. The normalized spacial score (nSPS) is 20.0. The Hall–Kier alpha value is -1.13. The fourth-order valence-corrected chi connectivity index (χ4v) is 3.42. The minimum absolute atomic E-state index is 0.110. The number of hydrogen-bond acceptors (Lipinski definition) is 3. The average molecular weight is 338 g/mol. The van der Waals surface area contributed by atoms with Crippen LogP contribution in [0.5, 0.6) is 0 Å². The number of hydrogen-bond donors (Lipinski definition) is 3. The van der Waals surface area contributed by atoms with Gasteiger partial charge in [0.25, 0.3) is 0 Å². The van der Waals surface area contributed by atoms with Crippen LogP contribution in [0.2, 0.25) is 0 Å². The minimum Gasteiger partial charge on any atom is -0.479 e. The summed E-state index contributed by atoms with van der Waals surface area (Å²) in [6.45, 7) is 2.14. The van der Waals surface area contributed by atoms with Crippen LogP contribution in [-0.2, 0) is 4.79 Å². The second-order valence-corrected chi connectivity index (χ2v) is 6.95. The van der Waals surface area contributed by atoms with Gasteiger partial charge in [0.05, 0.1) is 6.10 Å². The summed E-state index contributed by atoms with van der Waals surface area (Å²) in [5.41, 5.74) is -1.58. The van der Waals surface area contributed by atoms with E-state index in [0.717, 1.165) is 57.8 Å². The van der Waals surface area contributed by atoms with Crippen LogP contribution in [0, 0.1) is 5.92 Å². The third kappa shape index (κ3) is 7.18. The van der Waals surface area contributed by atoms with Gasteiger partial charge in [0.1, 0.15) is 0 Å². The van der Waals surface area contributed by atoms with Crippen molar-refractivity contribution < 1.29 is 20.1 Å². The van der Waals surface area contributed by atoms with Crippen LogP contribution in [0.1, 0.15) is 77.6 Å². The summed E-state index contributed by atoms with van der Waals surface area (Å²) in [4.78, 5) is 11.4. The number of aliphatic hydroxyl groups is 2. The highest BCUT2D eigenvalue weighted by molar-refractivity contribution is 5.77. The van der Waals surface area contributed by atoms with Gasteiger partial charge in [0.15, 0.2) is 5.60 Å². The topological polar surface area (TPSA) is 77.8 Å². The lowest BCUT2D eigenvalue weighted by Gasteiger charge is -2.29. The Morgan fingerprint density at radius 2 is 1.92 bits per heavy atom. The first-order valence-corrected chi connectivity index (χ1v) is 9.46. The SMILES string of the molecule is CCCCCC(O)/C=C\C/C=C/CC[C@](O)(C(=O)O)C1CCCC1. The summed E-state index contributed by atoms with van der Waals surface area (Å²) >= 11 is 0. The number of carboxylic acid groups (broad SMARTS) is 1. The van der Waals surface area contributed by atoms with Crippen LogP contribution in [0.4, 0.5) is 0 Å². The Kier molecular flexibility index (Phi) is 9.96. The minimum atomic E-state index is -1.58. The predicted octanol–water partition coefficient (Wildman–Crippen LogP) is 4.22. The first-order chi connectivity index (χ1) is 11.5. The molecule has 1 rings (SSSR count). The second kappa shape index (κ2) is 11.4. The Bertz CT molecular complexity index is 410. The second-order valence-electron chi connectivity index (χ2n) is 6.95. The van der Waals surface area contributed by atoms with Gasteiger partial charge in [-0.15, -0.1) is 0 Å². The third-order valence-electron chi connectivity index (χ3n) is 4.99. The zero-order valence-electron chi connectivity index (χ0n) is 15.0. The van der Waals surface area contributed by atoms with Crippen molar-refractivity contribution in [3.63, 3.8) is 0 Å². The zero-order valence-corrected chi connectivity index (χ0v) is 15.0. The number of unbranched alkanes of at least 4 members (excludes halogenated alkanes) is 2. The van der Waals surface area contributed by atoms with E-state index < -0.39 is 11.6 Å². The monoisotopic (exact) mass is 338 g/mol. The number of carboxylic acids is 1. The van der Waals surface area contributed by atoms with Gasteiger partial charge in [0.2, 0.25) is 0 Å². The van der Waals surface area contributed by atoms with E-state index in [1.165, 1.54) is 0 Å². The Morgan fingerprint density at radius 3 is 2.54 bits per heavy atom. The van der Waals surface area contributed by atoms with E-state index in [-0.39, 0.29) is 18.4 Å². The molecule has 0 aromatic heterocycles. The van der Waals surface area contributed by atoms with Crippen molar-refractivity contribution in [1.82, 2.24) is 0 Å². The average Bonchev–Trinajstić information content (AvgIpc) is 3.08. The molecule has 1 aliphatic rings. The third-order valence-corrected chi connectivity index (χ3v) is 4.99. The molecule has 4 heteroatoms. The lowest BCUT2D eigenvalue weighted by atomic mass is 9.82. The highest BCUT2D eigenvalue weighted by Crippen LogP contribution is 2.37. The molecule has 0 aromatic rings. The molecule has 0 bridgehead atoms. The molecule has 0 aliphatic heterocycles. The molecule has 0 spiro atoms. The van der Waals surface area contributed by atoms with Crippen molar-refractivity contribution >= 4 is 5.97 Å². The van der Waals surface area contributed by atoms with Gasteiger partial charge in [-0.25, -0.2) is 4.79 Å². The molecule has 2 atom stereocenters. The van der Waals surface area contributed by atoms with Crippen molar-refractivity contribution in [2.45, 2.75) is 89.3 Å². The number of aliphatic carboxylic acids is 1. The maximum Gasteiger partial charge on any atom is 0.335 e. The first-order valence-electron chi connectivity index (χ1n) is 9.46. The molecular weight excluding hydrogens is 304 g/mol. The van der Waals surface area contributed by atoms with Crippen LogP contribution in [0.15, 0.2) is 24.3 Å². The van der Waals surface area contributed by atoms with Crippen LogP contribution >= 0.6 is 0 Å². The Morgan fingerprint density at radius 1 is 1.21 bits per heavy atom. The highest BCUT2D eigenvalue weighted by atomic mass is 16.4. The van der Waals surface area contributed by atoms with Crippen LogP contribution in [0.3, 0.4) is 0 Å². The predicted molar refractivity (Wildman–Crippen MR) is 96.8 cm³/mol. The van der Waals surface area contributed by atoms with Gasteiger partial charge < -0.3 is 15.3 Å². The van der Waals surface area contributed by atoms with Gasteiger partial charge in [-0.05, 0) is 44.4 Å². The van der Waals surface area contributed by atoms with Gasteiger partial charge in [-0.1, -0.05) is 63.3 Å². The molecule has 1 saturated carbocycles. The molecule has 0 aromatic carbocycles. The molecular formula is C20H34O4. The molecule has 0 saturated heterocycles. The number of aliphatic hydroxyl groups excluding tert-OH is 1. The van der Waals surface area contributed by atoms with E-state index in [1.807, 2.05) is 24.3 Å². The van der Waals surface area contributed by atoms with Crippen LogP contribution in [0.25, 0.3) is 0 Å². The summed E-state index contributed by atoms with van der Waals surface area (Å²) in [5.74, 6) is -1.19. The quantitative estimate of drug-likeness (QED) is 0.368. The molecule has 1 fully saturated rings. The van der Waals surface area contributed by atoms with Crippen molar-refractivity contribution in [3.8, 4) is 0 Å². The van der Waals surface area contributed by atoms with E-state index in [2.05, 4.69) is 6.92 Å². The zero-order chi connectivity index (χ0) is 17.8. The van der Waals surface area contributed by atoms with Crippen molar-refractivity contribution in [2.75, 3.05) is 0 Å². The number of allylic oxidation sites excluding steroid dienone is 3. The summed E-state index contributed by atoms with van der Waals surface area (Å²) < 4.78 is 0. The van der Waals surface area contributed by atoms with E-state index in [4.69, 9.17) is 0 Å². The number of rotatable bonds is 12. The molecule has 4 nitrogen and oxygen atoms in total. The van der Waals surface area contributed by atoms with E-state index in [1.54, 1.807) is 0 Å². The van der Waals surface area contributed by atoms with E-state index in [0.29, 0.717) is 6.42 Å². The molecule has 138 valence electrons. The summed E-state index contributed by atoms with van der Waals surface area (Å²) in [7, 11) is 0. The van der Waals surface area contributed by atoms with Gasteiger partial charge in [-0.2, -0.15) is 0 Å². The molecule has 0 amide bonds. The molecule has 0 heterocycles. The number of carbonyl (C=O) groups is 1. The molecule has 3 N–H and O–H groups in total. The summed E-state index contributed by atoms with van der Waals surface area (Å²) in [5, 5.41) is 29.6. The van der Waals surface area contributed by atoms with E-state index in [9.17, 15) is 20.1 Å². The van der Waals surface area contributed by atoms with Crippen molar-refractivity contribution in [3.05, 3.63) is 24.3 Å². The van der Waals surface area contributed by atoms with Gasteiger partial charge in [0, 0.05) is 0 Å². The fraction of sp³-hybridized carbons (Fsp3) is 0.750. The molecule has 24 heavy (non-hydrogen) atoms. The van der Waals surface area contributed by atoms with Crippen LogP contribution in [-0.4, -0.2) is 33.0 Å². The standard InChI is InChI=1S/C20H34O4/c1-2-3-7-14-18(21)15-8-5-4-6-11-16-20(24,19(22)23)17-12-9-10-13-17/h4,6,8,15,17-18,21,24H,2-3,5,7,9-14,16H2,1H3,(H,22,23)/b6-4+,15-8-/t18?,20-/m1/s1.